The molecule has 5 unspecified atom stereocenters. The summed E-state index contributed by atoms with van der Waals surface area (Å²) >= 11 is 0. The van der Waals surface area contributed by atoms with E-state index in [9.17, 15) is 9.90 Å². The van der Waals surface area contributed by atoms with Gasteiger partial charge in [-0.05, 0) is 37.5 Å². The summed E-state index contributed by atoms with van der Waals surface area (Å²) in [6.45, 7) is 9.30. The van der Waals surface area contributed by atoms with Crippen LogP contribution in [0.4, 0.5) is 0 Å². The molecule has 0 aromatic carbocycles. The standard InChI is InChI=1S/C35H69NO2/c1-8-12-15-18-20-21-24-30-29-32(30)33(26-23-17-14-10-3)35(36(5,6)7,28-27-34(37)38)31(11-4)25-22-19-16-13-9-2/h30-33H,8-29H2,1-7H3/p+1. The maximum absolute atomic E-state index is 12.0. The van der Waals surface area contributed by atoms with Crippen molar-refractivity contribution in [2.24, 2.45) is 23.7 Å². The van der Waals surface area contributed by atoms with Gasteiger partial charge in [0.25, 0.3) is 0 Å². The molecule has 0 bridgehead atoms. The summed E-state index contributed by atoms with van der Waals surface area (Å²) in [4.78, 5) is 12.0. The third-order valence-corrected chi connectivity index (χ3v) is 10.3. The molecule has 1 N–H and O–H groups in total. The molecule has 3 heteroatoms. The summed E-state index contributed by atoms with van der Waals surface area (Å²) in [6, 6.07) is 0. The third-order valence-electron chi connectivity index (χ3n) is 10.3. The molecule has 38 heavy (non-hydrogen) atoms. The minimum Gasteiger partial charge on any atom is -0.481 e. The average molecular weight is 537 g/mol. The van der Waals surface area contributed by atoms with Crippen LogP contribution in [0.1, 0.15) is 169 Å². The van der Waals surface area contributed by atoms with Gasteiger partial charge >= 0.3 is 5.97 Å². The number of carbonyl (C=O) groups is 1. The highest BCUT2D eigenvalue weighted by Crippen LogP contribution is 2.58. The fourth-order valence-corrected chi connectivity index (χ4v) is 8.09. The molecule has 0 radical (unpaired) electrons. The van der Waals surface area contributed by atoms with Crippen molar-refractivity contribution in [1.82, 2.24) is 0 Å². The van der Waals surface area contributed by atoms with Crippen molar-refractivity contribution in [3.05, 3.63) is 0 Å². The minimum atomic E-state index is -0.607. The molecule has 1 rings (SSSR count). The van der Waals surface area contributed by atoms with Gasteiger partial charge in [-0.15, -0.1) is 0 Å². The number of nitrogens with zero attached hydrogens (tertiary/aromatic N) is 1. The largest absolute Gasteiger partial charge is 0.481 e. The van der Waals surface area contributed by atoms with Crippen molar-refractivity contribution in [3.8, 4) is 0 Å². The summed E-state index contributed by atoms with van der Waals surface area (Å²) in [5.74, 6) is 2.35. The normalized spacial score (nSPS) is 20.7. The number of hydrogen-bond acceptors (Lipinski definition) is 1. The van der Waals surface area contributed by atoms with E-state index in [1.54, 1.807) is 0 Å². The van der Waals surface area contributed by atoms with E-state index in [-0.39, 0.29) is 5.54 Å². The van der Waals surface area contributed by atoms with Crippen LogP contribution in [-0.4, -0.2) is 42.2 Å². The lowest BCUT2D eigenvalue weighted by Crippen LogP contribution is -2.66. The lowest BCUT2D eigenvalue weighted by molar-refractivity contribution is -0.935. The van der Waals surface area contributed by atoms with Crippen molar-refractivity contribution in [1.29, 1.82) is 0 Å². The number of quaternary nitrogens is 1. The first-order valence-electron chi connectivity index (χ1n) is 17.2. The van der Waals surface area contributed by atoms with Gasteiger partial charge in [-0.3, -0.25) is 4.79 Å². The second-order valence-electron chi connectivity index (χ2n) is 13.9. The van der Waals surface area contributed by atoms with Gasteiger partial charge in [-0.25, -0.2) is 0 Å². The zero-order valence-corrected chi connectivity index (χ0v) is 27.2. The highest BCUT2D eigenvalue weighted by molar-refractivity contribution is 5.66. The molecule has 0 aliphatic heterocycles. The van der Waals surface area contributed by atoms with Crippen LogP contribution in [0.25, 0.3) is 0 Å². The summed E-state index contributed by atoms with van der Waals surface area (Å²) < 4.78 is 0.923. The summed E-state index contributed by atoms with van der Waals surface area (Å²) in [5, 5.41) is 9.90. The lowest BCUT2D eigenvalue weighted by atomic mass is 9.62. The minimum absolute atomic E-state index is 0.0602. The van der Waals surface area contributed by atoms with E-state index in [0.717, 1.165) is 22.7 Å². The Morgan fingerprint density at radius 1 is 0.763 bits per heavy atom. The molecule has 5 atom stereocenters. The predicted octanol–water partition coefficient (Wildman–Crippen LogP) is 10.7. The van der Waals surface area contributed by atoms with E-state index >= 15 is 0 Å². The molecule has 1 saturated carbocycles. The molecule has 0 aromatic rings. The fourth-order valence-electron chi connectivity index (χ4n) is 8.09. The van der Waals surface area contributed by atoms with Crippen LogP contribution < -0.4 is 0 Å². The van der Waals surface area contributed by atoms with Crippen molar-refractivity contribution < 1.29 is 14.4 Å². The SMILES string of the molecule is CCCCCCCCC1CC1C(CCCCCC)C(CCC(=O)O)(C(CC)CCCCCCC)[N+](C)(C)C. The van der Waals surface area contributed by atoms with Crippen LogP contribution in [0.2, 0.25) is 0 Å². The van der Waals surface area contributed by atoms with E-state index < -0.39 is 5.97 Å². The van der Waals surface area contributed by atoms with Crippen LogP contribution in [0.3, 0.4) is 0 Å². The zero-order chi connectivity index (χ0) is 28.4. The maximum Gasteiger partial charge on any atom is 0.303 e. The van der Waals surface area contributed by atoms with Crippen LogP contribution >= 0.6 is 0 Å². The Labute approximate surface area is 239 Å². The van der Waals surface area contributed by atoms with E-state index in [1.807, 2.05) is 0 Å². The van der Waals surface area contributed by atoms with Crippen LogP contribution in [0.15, 0.2) is 0 Å². The molecule has 3 nitrogen and oxygen atoms in total. The Kier molecular flexibility index (Phi) is 18.2. The van der Waals surface area contributed by atoms with E-state index in [0.29, 0.717) is 18.3 Å². The molecule has 1 fully saturated rings. The Morgan fingerprint density at radius 3 is 1.79 bits per heavy atom. The Morgan fingerprint density at radius 2 is 1.26 bits per heavy atom. The van der Waals surface area contributed by atoms with Gasteiger partial charge in [0.15, 0.2) is 0 Å². The quantitative estimate of drug-likeness (QED) is 0.0881. The van der Waals surface area contributed by atoms with Gasteiger partial charge in [-0.1, -0.05) is 130 Å². The van der Waals surface area contributed by atoms with E-state index in [4.69, 9.17) is 0 Å². The van der Waals surface area contributed by atoms with Gasteiger partial charge in [0.1, 0.15) is 5.54 Å². The molecule has 0 aromatic heterocycles. The highest BCUT2D eigenvalue weighted by atomic mass is 16.4. The summed E-state index contributed by atoms with van der Waals surface area (Å²) in [6.07, 6.45) is 28.0. The number of unbranched alkanes of at least 4 members (excludes halogenated alkanes) is 12. The first-order chi connectivity index (χ1) is 18.2. The monoisotopic (exact) mass is 537 g/mol. The molecule has 226 valence electrons. The van der Waals surface area contributed by atoms with Crippen LogP contribution in [-0.2, 0) is 4.79 Å². The van der Waals surface area contributed by atoms with E-state index in [2.05, 4.69) is 48.8 Å². The highest BCUT2D eigenvalue weighted by Gasteiger charge is 2.59. The molecule has 1 aliphatic rings. The molecule has 0 amide bonds. The van der Waals surface area contributed by atoms with Gasteiger partial charge in [-0.2, -0.15) is 0 Å². The van der Waals surface area contributed by atoms with Gasteiger partial charge in [0, 0.05) is 18.3 Å². The lowest BCUT2D eigenvalue weighted by Gasteiger charge is -2.56. The molecule has 0 heterocycles. The number of aliphatic carboxylic acids is 1. The second-order valence-corrected chi connectivity index (χ2v) is 13.9. The second kappa shape index (κ2) is 19.5. The average Bonchev–Trinajstić information content (AvgIpc) is 3.63. The Balaban J connectivity index is 3.19. The first-order valence-corrected chi connectivity index (χ1v) is 17.2. The smallest absolute Gasteiger partial charge is 0.303 e. The van der Waals surface area contributed by atoms with Gasteiger partial charge in [0.2, 0.25) is 0 Å². The molecule has 1 aliphatic carbocycles. The first kappa shape index (κ1) is 35.5. The fraction of sp³-hybridized carbons (Fsp3) is 0.971. The molecule has 0 saturated heterocycles. The third kappa shape index (κ3) is 11.9. The van der Waals surface area contributed by atoms with Gasteiger partial charge < -0.3 is 9.59 Å². The topological polar surface area (TPSA) is 37.3 Å². The van der Waals surface area contributed by atoms with Crippen molar-refractivity contribution in [2.45, 2.75) is 174 Å². The Bertz CT molecular complexity index is 597. The molecular weight excluding hydrogens is 466 g/mol. The number of carboxylic acid groups (broad SMARTS) is 1. The van der Waals surface area contributed by atoms with Crippen LogP contribution in [0, 0.1) is 23.7 Å². The van der Waals surface area contributed by atoms with Crippen molar-refractivity contribution >= 4 is 5.97 Å². The Hall–Kier alpha value is -0.570. The number of rotatable bonds is 26. The molecule has 0 spiro atoms. The predicted molar refractivity (Wildman–Crippen MR) is 167 cm³/mol. The maximum atomic E-state index is 12.0. The summed E-state index contributed by atoms with van der Waals surface area (Å²) in [5.41, 5.74) is 0.0602. The zero-order valence-electron chi connectivity index (χ0n) is 27.2. The van der Waals surface area contributed by atoms with Crippen molar-refractivity contribution in [2.75, 3.05) is 21.1 Å². The number of carboxylic acids is 1. The van der Waals surface area contributed by atoms with Gasteiger partial charge in [0.05, 0.1) is 27.6 Å². The van der Waals surface area contributed by atoms with Crippen molar-refractivity contribution in [3.63, 3.8) is 0 Å². The van der Waals surface area contributed by atoms with E-state index in [1.165, 1.54) is 128 Å². The van der Waals surface area contributed by atoms with Crippen LogP contribution in [0.5, 0.6) is 0 Å². The molecular formula is C35H70NO2+. The number of hydrogen-bond donors (Lipinski definition) is 1. The summed E-state index contributed by atoms with van der Waals surface area (Å²) in [7, 11) is 7.23.